The Hall–Kier alpha value is -2.07. The number of halogens is 1. The topological polar surface area (TPSA) is 79.3 Å². The smallest absolute Gasteiger partial charge is 0.266 e. The summed E-state index contributed by atoms with van der Waals surface area (Å²) in [5, 5.41) is 1.10. The Morgan fingerprint density at radius 3 is 2.70 bits per heavy atom. The summed E-state index contributed by atoms with van der Waals surface area (Å²) >= 11 is 7.52. The molecule has 1 amide bonds. The molecule has 10 heteroatoms. The van der Waals surface area contributed by atoms with Gasteiger partial charge in [-0.1, -0.05) is 48.5 Å². The van der Waals surface area contributed by atoms with Crippen LogP contribution in [-0.2, 0) is 14.8 Å². The molecule has 2 aromatic rings. The summed E-state index contributed by atoms with van der Waals surface area (Å²) in [5.74, 6) is 0.190. The van der Waals surface area contributed by atoms with Crippen LogP contribution in [0.4, 0.5) is 5.69 Å². The summed E-state index contributed by atoms with van der Waals surface area (Å²) in [6, 6.07) is 13.3. The number of thioether (sulfide) groups is 1. The Bertz CT molecular complexity index is 1070. The maximum atomic E-state index is 12.8. The van der Waals surface area contributed by atoms with Crippen LogP contribution in [0, 0.1) is 0 Å². The fraction of sp³-hybridized carbons (Fsp3) is 0.300. The van der Waals surface area contributed by atoms with Crippen LogP contribution >= 0.6 is 23.4 Å². The zero-order valence-corrected chi connectivity index (χ0v) is 19.2. The minimum Gasteiger partial charge on any atom is -0.482 e. The molecule has 1 heterocycles. The lowest BCUT2D eigenvalue weighted by Gasteiger charge is -2.17. The standard InChI is InChI=1S/C20H22ClN3O4S2/c1-14-12-24(19(25)13-28-18-10-5-4-9-17(18)21)20(29-14)22-15-7-6-8-16(11-15)30(26,27)23(2)3/h4-11,14H,12-13H2,1-3H3. The van der Waals surface area contributed by atoms with Gasteiger partial charge in [0.25, 0.3) is 5.91 Å². The normalized spacial score (nSPS) is 18.2. The number of hydrogen-bond acceptors (Lipinski definition) is 6. The van der Waals surface area contributed by atoms with Crippen molar-refractivity contribution in [1.29, 1.82) is 0 Å². The number of carbonyl (C=O) groups is 1. The van der Waals surface area contributed by atoms with E-state index in [4.69, 9.17) is 16.3 Å². The van der Waals surface area contributed by atoms with Gasteiger partial charge in [-0.05, 0) is 30.3 Å². The van der Waals surface area contributed by atoms with Crippen molar-refractivity contribution in [3.63, 3.8) is 0 Å². The Balaban J connectivity index is 1.80. The summed E-state index contributed by atoms with van der Waals surface area (Å²) < 4.78 is 31.5. The Morgan fingerprint density at radius 1 is 1.27 bits per heavy atom. The van der Waals surface area contributed by atoms with Crippen molar-refractivity contribution in [2.45, 2.75) is 17.1 Å². The van der Waals surface area contributed by atoms with Crippen LogP contribution in [0.25, 0.3) is 0 Å². The van der Waals surface area contributed by atoms with E-state index in [-0.39, 0.29) is 22.7 Å². The highest BCUT2D eigenvalue weighted by molar-refractivity contribution is 8.14. The number of ether oxygens (including phenoxy) is 1. The zero-order chi connectivity index (χ0) is 21.9. The molecule has 0 N–H and O–H groups in total. The van der Waals surface area contributed by atoms with Crippen molar-refractivity contribution in [3.05, 3.63) is 53.6 Å². The second kappa shape index (κ2) is 9.38. The van der Waals surface area contributed by atoms with Crippen LogP contribution in [0.15, 0.2) is 58.4 Å². The summed E-state index contributed by atoms with van der Waals surface area (Å²) in [4.78, 5) is 19.0. The second-order valence-corrected chi connectivity index (χ2v) is 10.8. The van der Waals surface area contributed by atoms with E-state index in [1.807, 2.05) is 6.92 Å². The van der Waals surface area contributed by atoms with Gasteiger partial charge in [0, 0.05) is 25.9 Å². The molecule has 1 fully saturated rings. The average molecular weight is 468 g/mol. The molecule has 1 saturated heterocycles. The third-order valence-electron chi connectivity index (χ3n) is 4.29. The van der Waals surface area contributed by atoms with Crippen LogP contribution in [0.3, 0.4) is 0 Å². The molecule has 0 radical (unpaired) electrons. The van der Waals surface area contributed by atoms with Crippen molar-refractivity contribution in [1.82, 2.24) is 9.21 Å². The number of rotatable bonds is 6. The van der Waals surface area contributed by atoms with Gasteiger partial charge in [-0.2, -0.15) is 0 Å². The molecule has 1 aliphatic heterocycles. The van der Waals surface area contributed by atoms with E-state index in [1.165, 1.54) is 38.0 Å². The SMILES string of the molecule is CC1CN(C(=O)COc2ccccc2Cl)C(=Nc2cccc(S(=O)(=O)N(C)C)c2)S1. The van der Waals surface area contributed by atoms with Gasteiger partial charge in [0.1, 0.15) is 5.75 Å². The van der Waals surface area contributed by atoms with Crippen molar-refractivity contribution >= 4 is 50.1 Å². The minimum absolute atomic E-state index is 0.144. The van der Waals surface area contributed by atoms with Crippen LogP contribution in [0.5, 0.6) is 5.75 Å². The third kappa shape index (κ3) is 5.15. The number of nitrogens with zero attached hydrogens (tertiary/aromatic N) is 3. The Morgan fingerprint density at radius 2 is 2.00 bits per heavy atom. The molecule has 2 aromatic carbocycles. The average Bonchev–Trinajstić information content (AvgIpc) is 3.07. The molecule has 1 aliphatic rings. The number of sulfonamides is 1. The summed E-state index contributed by atoms with van der Waals surface area (Å²) in [6.45, 7) is 2.31. The predicted molar refractivity (Wildman–Crippen MR) is 120 cm³/mol. The minimum atomic E-state index is -3.57. The van der Waals surface area contributed by atoms with Gasteiger partial charge in [0.15, 0.2) is 11.8 Å². The fourth-order valence-electron chi connectivity index (χ4n) is 2.73. The van der Waals surface area contributed by atoms with Crippen LogP contribution in [0.1, 0.15) is 6.92 Å². The third-order valence-corrected chi connectivity index (χ3v) is 7.48. The van der Waals surface area contributed by atoms with Crippen molar-refractivity contribution in [3.8, 4) is 5.75 Å². The molecular weight excluding hydrogens is 446 g/mol. The van der Waals surface area contributed by atoms with Gasteiger partial charge >= 0.3 is 0 Å². The maximum absolute atomic E-state index is 12.8. The number of amides is 1. The first-order chi connectivity index (χ1) is 14.2. The highest BCUT2D eigenvalue weighted by Crippen LogP contribution is 2.30. The molecule has 0 aromatic heterocycles. The number of amidine groups is 1. The van der Waals surface area contributed by atoms with Crippen LogP contribution in [-0.4, -0.2) is 61.2 Å². The lowest BCUT2D eigenvalue weighted by molar-refractivity contribution is -0.129. The maximum Gasteiger partial charge on any atom is 0.266 e. The molecule has 3 rings (SSSR count). The predicted octanol–water partition coefficient (Wildman–Crippen LogP) is 3.62. The van der Waals surface area contributed by atoms with E-state index < -0.39 is 10.0 Å². The van der Waals surface area contributed by atoms with Crippen molar-refractivity contribution < 1.29 is 17.9 Å². The molecule has 7 nitrogen and oxygen atoms in total. The van der Waals surface area contributed by atoms with Gasteiger partial charge < -0.3 is 4.74 Å². The van der Waals surface area contributed by atoms with E-state index in [2.05, 4.69) is 4.99 Å². The molecule has 1 unspecified atom stereocenters. The van der Waals surface area contributed by atoms with Crippen LogP contribution in [0.2, 0.25) is 5.02 Å². The second-order valence-electron chi connectivity index (χ2n) is 6.83. The number of carbonyl (C=O) groups excluding carboxylic acids is 1. The van der Waals surface area contributed by atoms with Gasteiger partial charge in [0.05, 0.1) is 15.6 Å². The number of benzene rings is 2. The molecule has 0 spiro atoms. The van der Waals surface area contributed by atoms with Crippen molar-refractivity contribution in [2.75, 3.05) is 27.2 Å². The highest BCUT2D eigenvalue weighted by Gasteiger charge is 2.31. The summed E-state index contributed by atoms with van der Waals surface area (Å²) in [7, 11) is -0.625. The lowest BCUT2D eigenvalue weighted by Crippen LogP contribution is -2.36. The van der Waals surface area contributed by atoms with Crippen LogP contribution < -0.4 is 4.74 Å². The molecule has 30 heavy (non-hydrogen) atoms. The highest BCUT2D eigenvalue weighted by atomic mass is 35.5. The number of para-hydroxylation sites is 1. The molecule has 1 atom stereocenters. The van der Waals surface area contributed by atoms with E-state index in [9.17, 15) is 13.2 Å². The van der Waals surface area contributed by atoms with E-state index in [1.54, 1.807) is 41.3 Å². The summed E-state index contributed by atoms with van der Waals surface area (Å²) in [6.07, 6.45) is 0. The Labute approximate surface area is 185 Å². The first-order valence-corrected chi connectivity index (χ1v) is 11.8. The monoisotopic (exact) mass is 467 g/mol. The first kappa shape index (κ1) is 22.6. The number of hydrogen-bond donors (Lipinski definition) is 0. The summed E-state index contributed by atoms with van der Waals surface area (Å²) in [5.41, 5.74) is 0.458. The molecule has 0 bridgehead atoms. The van der Waals surface area contributed by atoms with Crippen molar-refractivity contribution in [2.24, 2.45) is 4.99 Å². The van der Waals surface area contributed by atoms with Gasteiger partial charge in [-0.25, -0.2) is 17.7 Å². The zero-order valence-electron chi connectivity index (χ0n) is 16.8. The quantitative estimate of drug-likeness (QED) is 0.648. The van der Waals surface area contributed by atoms with Gasteiger partial charge in [-0.15, -0.1) is 0 Å². The fourth-order valence-corrected chi connectivity index (χ4v) is 4.90. The Kier molecular flexibility index (Phi) is 7.07. The molecule has 0 aliphatic carbocycles. The largest absolute Gasteiger partial charge is 0.482 e. The van der Waals surface area contributed by atoms with E-state index in [0.717, 1.165) is 4.31 Å². The molecular formula is C20H22ClN3O4S2. The number of aliphatic imine (C=N–C) groups is 1. The first-order valence-electron chi connectivity index (χ1n) is 9.14. The lowest BCUT2D eigenvalue weighted by atomic mass is 10.3. The van der Waals surface area contributed by atoms with Gasteiger partial charge in [0.2, 0.25) is 10.0 Å². The molecule has 0 saturated carbocycles. The van der Waals surface area contributed by atoms with E-state index >= 15 is 0 Å². The van der Waals surface area contributed by atoms with E-state index in [0.29, 0.717) is 28.2 Å². The molecule has 160 valence electrons. The van der Waals surface area contributed by atoms with Gasteiger partial charge in [-0.3, -0.25) is 9.69 Å².